The number of amides is 1. The van der Waals surface area contributed by atoms with E-state index in [2.05, 4.69) is 5.32 Å². The largest absolute Gasteiger partial charge is 0.387 e. The molecular formula is C21H21NO3. The van der Waals surface area contributed by atoms with Crippen molar-refractivity contribution in [2.75, 3.05) is 13.7 Å². The summed E-state index contributed by atoms with van der Waals surface area (Å²) in [4.78, 5) is 12.4. The first kappa shape index (κ1) is 17.1. The first-order valence-corrected chi connectivity index (χ1v) is 8.21. The molecule has 0 fully saturated rings. The zero-order valence-corrected chi connectivity index (χ0v) is 14.1. The van der Waals surface area contributed by atoms with Gasteiger partial charge < -0.3 is 15.2 Å². The van der Waals surface area contributed by atoms with Gasteiger partial charge in [0, 0.05) is 13.7 Å². The number of aliphatic hydroxyl groups is 1. The van der Waals surface area contributed by atoms with Crippen LogP contribution in [0.5, 0.6) is 0 Å². The molecule has 0 saturated heterocycles. The van der Waals surface area contributed by atoms with Crippen LogP contribution in [0.1, 0.15) is 23.3 Å². The standard InChI is InChI=1S/C21H21NO3/c1-25-20(16-8-3-2-4-9-16)21(24)22-14-19(23)18-12-11-15-7-5-6-10-17(15)13-18/h2-13,19-20,23H,14H2,1H3,(H,22,24). The van der Waals surface area contributed by atoms with Crippen molar-refractivity contribution in [3.8, 4) is 0 Å². The van der Waals surface area contributed by atoms with Crippen LogP contribution in [-0.2, 0) is 9.53 Å². The maximum Gasteiger partial charge on any atom is 0.253 e. The Morgan fingerprint density at radius 2 is 1.64 bits per heavy atom. The molecule has 0 spiro atoms. The van der Waals surface area contributed by atoms with E-state index < -0.39 is 12.2 Å². The van der Waals surface area contributed by atoms with E-state index in [0.29, 0.717) is 0 Å². The molecule has 3 rings (SSSR count). The van der Waals surface area contributed by atoms with E-state index in [0.717, 1.165) is 21.9 Å². The number of hydrogen-bond acceptors (Lipinski definition) is 3. The first-order valence-electron chi connectivity index (χ1n) is 8.21. The molecule has 128 valence electrons. The average Bonchev–Trinajstić information content (AvgIpc) is 2.67. The number of aliphatic hydroxyl groups excluding tert-OH is 1. The number of carbonyl (C=O) groups excluding carboxylic acids is 1. The van der Waals surface area contributed by atoms with Crippen molar-refractivity contribution < 1.29 is 14.6 Å². The number of fused-ring (bicyclic) bond motifs is 1. The van der Waals surface area contributed by atoms with Crippen LogP contribution in [-0.4, -0.2) is 24.7 Å². The van der Waals surface area contributed by atoms with Crippen LogP contribution < -0.4 is 5.32 Å². The zero-order chi connectivity index (χ0) is 17.6. The molecule has 4 nitrogen and oxygen atoms in total. The lowest BCUT2D eigenvalue weighted by molar-refractivity contribution is -0.131. The third-order valence-electron chi connectivity index (χ3n) is 4.20. The summed E-state index contributed by atoms with van der Waals surface area (Å²) < 4.78 is 5.30. The van der Waals surface area contributed by atoms with Gasteiger partial charge in [-0.3, -0.25) is 4.79 Å². The molecule has 1 amide bonds. The molecule has 3 aromatic rings. The van der Waals surface area contributed by atoms with Gasteiger partial charge in [0.2, 0.25) is 0 Å². The lowest BCUT2D eigenvalue weighted by Crippen LogP contribution is -2.33. The lowest BCUT2D eigenvalue weighted by atomic mass is 10.0. The van der Waals surface area contributed by atoms with Gasteiger partial charge in [-0.15, -0.1) is 0 Å². The molecule has 4 heteroatoms. The highest BCUT2D eigenvalue weighted by atomic mass is 16.5. The smallest absolute Gasteiger partial charge is 0.253 e. The van der Waals surface area contributed by atoms with E-state index in [1.54, 1.807) is 0 Å². The number of benzene rings is 3. The molecule has 0 aliphatic rings. The van der Waals surface area contributed by atoms with Crippen molar-refractivity contribution in [1.82, 2.24) is 5.32 Å². The van der Waals surface area contributed by atoms with Gasteiger partial charge >= 0.3 is 0 Å². The van der Waals surface area contributed by atoms with Crippen LogP contribution in [0.2, 0.25) is 0 Å². The van der Waals surface area contributed by atoms with Gasteiger partial charge in [-0.2, -0.15) is 0 Å². The molecule has 0 aromatic heterocycles. The zero-order valence-electron chi connectivity index (χ0n) is 14.1. The van der Waals surface area contributed by atoms with Crippen LogP contribution in [0, 0.1) is 0 Å². The van der Waals surface area contributed by atoms with E-state index in [1.165, 1.54) is 7.11 Å². The Hall–Kier alpha value is -2.69. The monoisotopic (exact) mass is 335 g/mol. The molecule has 2 N–H and O–H groups in total. The maximum atomic E-state index is 12.4. The normalized spacial score (nSPS) is 13.4. The quantitative estimate of drug-likeness (QED) is 0.726. The van der Waals surface area contributed by atoms with Gasteiger partial charge in [0.05, 0.1) is 6.10 Å². The molecule has 0 aliphatic carbocycles. The highest BCUT2D eigenvalue weighted by molar-refractivity contribution is 5.83. The second-order valence-corrected chi connectivity index (χ2v) is 5.89. The van der Waals surface area contributed by atoms with Crippen molar-refractivity contribution in [3.63, 3.8) is 0 Å². The fourth-order valence-electron chi connectivity index (χ4n) is 2.85. The summed E-state index contributed by atoms with van der Waals surface area (Å²) in [5, 5.41) is 15.3. The predicted molar refractivity (Wildman–Crippen MR) is 98.1 cm³/mol. The van der Waals surface area contributed by atoms with Crippen molar-refractivity contribution >= 4 is 16.7 Å². The molecule has 0 radical (unpaired) electrons. The molecule has 3 aromatic carbocycles. The molecule has 2 atom stereocenters. The average molecular weight is 335 g/mol. The van der Waals surface area contributed by atoms with Gasteiger partial charge in [-0.25, -0.2) is 0 Å². The number of ether oxygens (including phenoxy) is 1. The molecule has 0 bridgehead atoms. The minimum Gasteiger partial charge on any atom is -0.387 e. The topological polar surface area (TPSA) is 58.6 Å². The second kappa shape index (κ2) is 7.92. The minimum atomic E-state index is -0.776. The highest BCUT2D eigenvalue weighted by Crippen LogP contribution is 2.21. The Morgan fingerprint density at radius 1 is 0.960 bits per heavy atom. The Bertz CT molecular complexity index is 848. The van der Waals surface area contributed by atoms with Crippen LogP contribution in [0.3, 0.4) is 0 Å². The molecule has 25 heavy (non-hydrogen) atoms. The minimum absolute atomic E-state index is 0.129. The fourth-order valence-corrected chi connectivity index (χ4v) is 2.85. The Labute approximate surface area is 147 Å². The van der Waals surface area contributed by atoms with Crippen LogP contribution in [0.25, 0.3) is 10.8 Å². The van der Waals surface area contributed by atoms with Gasteiger partial charge in [0.1, 0.15) is 0 Å². The Kier molecular flexibility index (Phi) is 5.43. The fraction of sp³-hybridized carbons (Fsp3) is 0.190. The van der Waals surface area contributed by atoms with Crippen LogP contribution in [0.4, 0.5) is 0 Å². The summed E-state index contributed by atoms with van der Waals surface area (Å²) in [6.45, 7) is 0.129. The summed E-state index contributed by atoms with van der Waals surface area (Å²) >= 11 is 0. The van der Waals surface area contributed by atoms with E-state index in [9.17, 15) is 9.90 Å². The van der Waals surface area contributed by atoms with Crippen LogP contribution in [0.15, 0.2) is 72.8 Å². The maximum absolute atomic E-state index is 12.4. The SMILES string of the molecule is COC(C(=O)NCC(O)c1ccc2ccccc2c1)c1ccccc1. The summed E-state index contributed by atoms with van der Waals surface area (Å²) in [6.07, 6.45) is -1.47. The van der Waals surface area contributed by atoms with E-state index in [1.807, 2.05) is 72.8 Å². The third-order valence-corrected chi connectivity index (χ3v) is 4.20. The summed E-state index contributed by atoms with van der Waals surface area (Å²) in [6, 6.07) is 23.0. The van der Waals surface area contributed by atoms with E-state index >= 15 is 0 Å². The van der Waals surface area contributed by atoms with Crippen molar-refractivity contribution in [1.29, 1.82) is 0 Å². The van der Waals surface area contributed by atoms with Gasteiger partial charge in [0.25, 0.3) is 5.91 Å². The van der Waals surface area contributed by atoms with Crippen molar-refractivity contribution in [2.45, 2.75) is 12.2 Å². The van der Waals surface area contributed by atoms with E-state index in [-0.39, 0.29) is 12.5 Å². The van der Waals surface area contributed by atoms with Crippen LogP contribution >= 0.6 is 0 Å². The Morgan fingerprint density at radius 3 is 2.36 bits per heavy atom. The van der Waals surface area contributed by atoms with Gasteiger partial charge in [0.15, 0.2) is 6.10 Å². The number of carbonyl (C=O) groups is 1. The number of methoxy groups -OCH3 is 1. The molecule has 0 heterocycles. The molecule has 2 unspecified atom stereocenters. The Balaban J connectivity index is 1.66. The van der Waals surface area contributed by atoms with Gasteiger partial charge in [-0.1, -0.05) is 66.7 Å². The summed E-state index contributed by atoms with van der Waals surface area (Å²) in [5.41, 5.74) is 1.55. The second-order valence-electron chi connectivity index (χ2n) is 5.89. The first-order chi connectivity index (χ1) is 12.2. The number of hydrogen-bond donors (Lipinski definition) is 2. The van der Waals surface area contributed by atoms with Gasteiger partial charge in [-0.05, 0) is 28.0 Å². The lowest BCUT2D eigenvalue weighted by Gasteiger charge is -2.18. The van der Waals surface area contributed by atoms with Crippen molar-refractivity contribution in [3.05, 3.63) is 83.9 Å². The molecular weight excluding hydrogens is 314 g/mol. The molecule has 0 saturated carbocycles. The molecule has 0 aliphatic heterocycles. The van der Waals surface area contributed by atoms with Crippen molar-refractivity contribution in [2.24, 2.45) is 0 Å². The summed E-state index contributed by atoms with van der Waals surface area (Å²) in [5.74, 6) is -0.270. The predicted octanol–water partition coefficient (Wildman–Crippen LogP) is 3.38. The number of rotatable bonds is 6. The van der Waals surface area contributed by atoms with E-state index in [4.69, 9.17) is 4.74 Å². The summed E-state index contributed by atoms with van der Waals surface area (Å²) in [7, 11) is 1.50. The third kappa shape index (κ3) is 4.05. The number of nitrogens with one attached hydrogen (secondary N) is 1. The highest BCUT2D eigenvalue weighted by Gasteiger charge is 2.20.